The highest BCUT2D eigenvalue weighted by molar-refractivity contribution is 6.22. The fourth-order valence-electron chi connectivity index (χ4n) is 9.08. The summed E-state index contributed by atoms with van der Waals surface area (Å²) in [5.74, 6) is 0. The molecule has 0 aromatic heterocycles. The van der Waals surface area contributed by atoms with Gasteiger partial charge in [0.05, 0.1) is 0 Å². The van der Waals surface area contributed by atoms with Crippen LogP contribution in [0, 0.1) is 0 Å². The minimum atomic E-state index is 1.19. The molecular formula is C58H38. The minimum absolute atomic E-state index is 1.19. The zero-order valence-electron chi connectivity index (χ0n) is 31.9. The van der Waals surface area contributed by atoms with Crippen molar-refractivity contribution in [2.24, 2.45) is 0 Å². The molecule has 0 aliphatic rings. The van der Waals surface area contributed by atoms with Gasteiger partial charge in [-0.25, -0.2) is 0 Å². The summed E-state index contributed by atoms with van der Waals surface area (Å²) in [5, 5.41) is 10.1. The van der Waals surface area contributed by atoms with Crippen molar-refractivity contribution in [2.75, 3.05) is 0 Å². The first-order valence-corrected chi connectivity index (χ1v) is 20.1. The van der Waals surface area contributed by atoms with Crippen molar-refractivity contribution < 1.29 is 0 Å². The largest absolute Gasteiger partial charge is 0.0622 e. The summed E-state index contributed by atoms with van der Waals surface area (Å²) < 4.78 is 0. The Balaban J connectivity index is 1.14. The van der Waals surface area contributed by atoms with Crippen molar-refractivity contribution in [1.29, 1.82) is 0 Å². The third kappa shape index (κ3) is 5.86. The maximum absolute atomic E-state index is 2.45. The van der Waals surface area contributed by atoms with Gasteiger partial charge in [0.25, 0.3) is 0 Å². The Morgan fingerprint density at radius 2 is 0.552 bits per heavy atom. The molecule has 58 heavy (non-hydrogen) atoms. The molecule has 0 nitrogen and oxygen atoms in total. The number of rotatable bonds is 6. The lowest BCUT2D eigenvalue weighted by Crippen LogP contribution is -1.92. The maximum atomic E-state index is 2.45. The van der Waals surface area contributed by atoms with E-state index < -0.39 is 0 Å². The molecule has 0 saturated heterocycles. The lowest BCUT2D eigenvalue weighted by molar-refractivity contribution is 1.56. The Bertz CT molecular complexity index is 3230. The zero-order valence-corrected chi connectivity index (χ0v) is 31.9. The van der Waals surface area contributed by atoms with Crippen LogP contribution in [-0.4, -0.2) is 0 Å². The van der Waals surface area contributed by atoms with Gasteiger partial charge < -0.3 is 0 Å². The molecule has 0 bridgehead atoms. The van der Waals surface area contributed by atoms with E-state index in [1.165, 1.54) is 110 Å². The van der Waals surface area contributed by atoms with Crippen LogP contribution in [0.3, 0.4) is 0 Å². The van der Waals surface area contributed by atoms with E-state index in [-0.39, 0.29) is 0 Å². The predicted molar refractivity (Wildman–Crippen MR) is 249 cm³/mol. The minimum Gasteiger partial charge on any atom is -0.0622 e. The third-order valence-electron chi connectivity index (χ3n) is 11.8. The molecule has 0 heteroatoms. The van der Waals surface area contributed by atoms with Gasteiger partial charge in [-0.15, -0.1) is 0 Å². The molecule has 0 radical (unpaired) electrons. The number of hydrogen-bond acceptors (Lipinski definition) is 0. The highest BCUT2D eigenvalue weighted by atomic mass is 14.2. The van der Waals surface area contributed by atoms with Crippen LogP contribution >= 0.6 is 0 Å². The molecule has 0 spiro atoms. The molecule has 0 aliphatic carbocycles. The summed E-state index contributed by atoms with van der Waals surface area (Å²) >= 11 is 0. The lowest BCUT2D eigenvalue weighted by Gasteiger charge is -2.19. The van der Waals surface area contributed by atoms with Gasteiger partial charge >= 0.3 is 0 Å². The molecule has 0 fully saturated rings. The first kappa shape index (κ1) is 33.8. The fraction of sp³-hybridized carbons (Fsp3) is 0. The molecule has 0 unspecified atom stereocenters. The van der Waals surface area contributed by atoms with Gasteiger partial charge in [0.15, 0.2) is 0 Å². The van der Waals surface area contributed by atoms with Crippen LogP contribution in [0.1, 0.15) is 0 Å². The summed E-state index contributed by atoms with van der Waals surface area (Å²) in [6, 6.07) is 84.6. The van der Waals surface area contributed by atoms with Crippen molar-refractivity contribution in [2.45, 2.75) is 0 Å². The smallest absolute Gasteiger partial charge is 0.00261 e. The summed E-state index contributed by atoms with van der Waals surface area (Å²) in [6.07, 6.45) is 0. The maximum Gasteiger partial charge on any atom is -0.00261 e. The molecule has 0 N–H and O–H groups in total. The highest BCUT2D eigenvalue weighted by Gasteiger charge is 2.19. The number of hydrogen-bond donors (Lipinski definition) is 0. The van der Waals surface area contributed by atoms with Gasteiger partial charge in [0.2, 0.25) is 0 Å². The van der Waals surface area contributed by atoms with Gasteiger partial charge in [-0.05, 0) is 140 Å². The van der Waals surface area contributed by atoms with Gasteiger partial charge in [-0.3, -0.25) is 0 Å². The molecule has 0 aliphatic heterocycles. The van der Waals surface area contributed by atoms with Crippen molar-refractivity contribution in [3.63, 3.8) is 0 Å². The highest BCUT2D eigenvalue weighted by Crippen LogP contribution is 2.46. The Morgan fingerprint density at radius 1 is 0.172 bits per heavy atom. The van der Waals surface area contributed by atoms with Crippen LogP contribution in [0.15, 0.2) is 231 Å². The average Bonchev–Trinajstić information content (AvgIpc) is 3.31. The van der Waals surface area contributed by atoms with Crippen LogP contribution in [0.2, 0.25) is 0 Å². The fourth-order valence-corrected chi connectivity index (χ4v) is 9.08. The Kier molecular flexibility index (Phi) is 8.26. The predicted octanol–water partition coefficient (Wildman–Crippen LogP) is 16.3. The molecule has 11 aromatic rings. The van der Waals surface area contributed by atoms with E-state index in [0.717, 1.165) is 0 Å². The Morgan fingerprint density at radius 3 is 1.14 bits per heavy atom. The van der Waals surface area contributed by atoms with Crippen molar-refractivity contribution in [3.8, 4) is 66.8 Å². The van der Waals surface area contributed by atoms with Crippen LogP contribution in [-0.2, 0) is 0 Å². The van der Waals surface area contributed by atoms with Crippen molar-refractivity contribution in [3.05, 3.63) is 231 Å². The molecule has 0 heterocycles. The average molecular weight is 735 g/mol. The van der Waals surface area contributed by atoms with E-state index in [1.54, 1.807) is 0 Å². The number of benzene rings is 11. The third-order valence-corrected chi connectivity index (χ3v) is 11.8. The van der Waals surface area contributed by atoms with Crippen LogP contribution in [0.5, 0.6) is 0 Å². The van der Waals surface area contributed by atoms with E-state index in [4.69, 9.17) is 0 Å². The zero-order chi connectivity index (χ0) is 38.4. The standard InChI is InChI=1S/C58H38/c1-4-16-39(17-5-1)46-34-47(40-18-6-2-7-19-40)36-48(35-46)41-28-30-43(31-29-41)58-53-27-15-14-26-52(53)57(42-20-8-3-9-21-42)54-33-32-45(38-56(54)58)55-37-44-22-10-11-23-49(44)50-24-12-13-25-51(50)55/h1-38H. The van der Waals surface area contributed by atoms with Crippen LogP contribution in [0.4, 0.5) is 0 Å². The molecule has 11 aromatic carbocycles. The molecule has 11 rings (SSSR count). The molecule has 0 amide bonds. The molecule has 0 saturated carbocycles. The van der Waals surface area contributed by atoms with Crippen molar-refractivity contribution >= 4 is 43.1 Å². The second-order valence-corrected chi connectivity index (χ2v) is 15.2. The van der Waals surface area contributed by atoms with E-state index >= 15 is 0 Å². The topological polar surface area (TPSA) is 0 Å². The SMILES string of the molecule is c1ccc(-c2cc(-c3ccccc3)cc(-c3ccc(-c4c5ccccc5c(-c5ccccc5)c5ccc(-c6cc7ccccc7c7ccccc67)cc45)cc3)c2)cc1. The summed E-state index contributed by atoms with van der Waals surface area (Å²) in [4.78, 5) is 0. The van der Waals surface area contributed by atoms with E-state index in [0.29, 0.717) is 0 Å². The first-order chi connectivity index (χ1) is 28.8. The second kappa shape index (κ2) is 14.2. The van der Waals surface area contributed by atoms with Gasteiger partial charge in [-0.2, -0.15) is 0 Å². The van der Waals surface area contributed by atoms with Gasteiger partial charge in [0, 0.05) is 0 Å². The Labute approximate surface area is 339 Å². The van der Waals surface area contributed by atoms with Crippen LogP contribution < -0.4 is 0 Å². The Hall–Kier alpha value is -7.54. The first-order valence-electron chi connectivity index (χ1n) is 20.1. The lowest BCUT2D eigenvalue weighted by atomic mass is 9.84. The monoisotopic (exact) mass is 734 g/mol. The summed E-state index contributed by atoms with van der Waals surface area (Å²) in [7, 11) is 0. The second-order valence-electron chi connectivity index (χ2n) is 15.2. The van der Waals surface area contributed by atoms with Gasteiger partial charge in [0.1, 0.15) is 0 Å². The number of fused-ring (bicyclic) bond motifs is 5. The quantitative estimate of drug-likeness (QED) is 0.118. The van der Waals surface area contributed by atoms with Gasteiger partial charge in [-0.1, -0.05) is 200 Å². The van der Waals surface area contributed by atoms with E-state index in [2.05, 4.69) is 231 Å². The van der Waals surface area contributed by atoms with E-state index in [9.17, 15) is 0 Å². The summed E-state index contributed by atoms with van der Waals surface area (Å²) in [5.41, 5.74) is 14.7. The normalized spacial score (nSPS) is 11.4. The molecule has 270 valence electrons. The van der Waals surface area contributed by atoms with Crippen molar-refractivity contribution in [1.82, 2.24) is 0 Å². The molecule has 0 atom stereocenters. The molecular weight excluding hydrogens is 697 g/mol. The van der Waals surface area contributed by atoms with Crippen LogP contribution in [0.25, 0.3) is 110 Å². The van der Waals surface area contributed by atoms with E-state index in [1.807, 2.05) is 0 Å². The summed E-state index contributed by atoms with van der Waals surface area (Å²) in [6.45, 7) is 0.